The van der Waals surface area contributed by atoms with Gasteiger partial charge in [-0.1, -0.05) is 6.07 Å². The summed E-state index contributed by atoms with van der Waals surface area (Å²) in [5.74, 6) is -0.580. The Balaban J connectivity index is 1.84. The summed E-state index contributed by atoms with van der Waals surface area (Å²) in [5, 5.41) is 5.37. The Bertz CT molecular complexity index is 602. The molecule has 0 bridgehead atoms. The molecule has 0 unspecified atom stereocenters. The first-order valence-electron chi connectivity index (χ1n) is 6.54. The number of nitrogens with one attached hydrogen (secondary N) is 2. The maximum atomic E-state index is 11.9. The molecule has 2 aromatic rings. The third-order valence-corrected chi connectivity index (χ3v) is 2.85. The minimum atomic E-state index is -0.630. The van der Waals surface area contributed by atoms with Crippen LogP contribution in [0.25, 0.3) is 0 Å². The minimum absolute atomic E-state index is 0.254. The number of hydrogen-bond acceptors (Lipinski definition) is 4. The maximum Gasteiger partial charge on any atom is 0.253 e. The van der Waals surface area contributed by atoms with Crippen molar-refractivity contribution in [3.05, 3.63) is 60.2 Å². The van der Waals surface area contributed by atoms with E-state index >= 15 is 0 Å². The second-order valence-electron chi connectivity index (χ2n) is 4.52. The first-order valence-corrected chi connectivity index (χ1v) is 6.54. The Morgan fingerprint density at radius 1 is 1.14 bits per heavy atom. The van der Waals surface area contributed by atoms with E-state index < -0.39 is 6.04 Å². The van der Waals surface area contributed by atoms with Crippen LogP contribution in [0.15, 0.2) is 49.1 Å². The van der Waals surface area contributed by atoms with Gasteiger partial charge < -0.3 is 10.6 Å². The van der Waals surface area contributed by atoms with Crippen LogP contribution in [0.5, 0.6) is 0 Å². The van der Waals surface area contributed by atoms with Crippen LogP contribution in [0.3, 0.4) is 0 Å². The molecule has 108 valence electrons. The quantitative estimate of drug-likeness (QED) is 0.855. The number of hydrogen-bond donors (Lipinski definition) is 2. The molecule has 2 heterocycles. The van der Waals surface area contributed by atoms with Gasteiger partial charge in [-0.15, -0.1) is 0 Å². The predicted octanol–water partition coefficient (Wildman–Crippen LogP) is 0.911. The van der Waals surface area contributed by atoms with Gasteiger partial charge >= 0.3 is 0 Å². The maximum absolute atomic E-state index is 11.9. The van der Waals surface area contributed by atoms with Gasteiger partial charge in [0.2, 0.25) is 5.91 Å². The SMILES string of the molecule is C[C@@H](NC(=O)c1cccnc1)C(=O)NCc1cccnc1. The predicted molar refractivity (Wildman–Crippen MR) is 77.2 cm³/mol. The van der Waals surface area contributed by atoms with Gasteiger partial charge in [-0.25, -0.2) is 0 Å². The van der Waals surface area contributed by atoms with Crippen LogP contribution in [0.4, 0.5) is 0 Å². The lowest BCUT2D eigenvalue weighted by Crippen LogP contribution is -2.44. The van der Waals surface area contributed by atoms with E-state index in [4.69, 9.17) is 0 Å². The molecule has 1 atom stereocenters. The second-order valence-corrected chi connectivity index (χ2v) is 4.52. The van der Waals surface area contributed by atoms with E-state index in [2.05, 4.69) is 20.6 Å². The fourth-order valence-corrected chi connectivity index (χ4v) is 1.69. The highest BCUT2D eigenvalue weighted by molar-refractivity contribution is 5.97. The van der Waals surface area contributed by atoms with Crippen molar-refractivity contribution in [2.75, 3.05) is 0 Å². The molecule has 0 aliphatic carbocycles. The van der Waals surface area contributed by atoms with Gasteiger partial charge in [0.15, 0.2) is 0 Å². The lowest BCUT2D eigenvalue weighted by molar-refractivity contribution is -0.122. The molecule has 0 spiro atoms. The van der Waals surface area contributed by atoms with Crippen molar-refractivity contribution in [2.45, 2.75) is 19.5 Å². The highest BCUT2D eigenvalue weighted by atomic mass is 16.2. The molecule has 0 fully saturated rings. The molecule has 0 radical (unpaired) electrons. The van der Waals surface area contributed by atoms with E-state index in [1.807, 2.05) is 6.07 Å². The van der Waals surface area contributed by atoms with Crippen molar-refractivity contribution in [1.29, 1.82) is 0 Å². The van der Waals surface area contributed by atoms with E-state index in [9.17, 15) is 9.59 Å². The summed E-state index contributed by atoms with van der Waals surface area (Å²) in [6, 6.07) is 6.35. The molecule has 21 heavy (non-hydrogen) atoms. The summed E-state index contributed by atoms with van der Waals surface area (Å²) in [7, 11) is 0. The Kier molecular flexibility index (Phi) is 4.98. The van der Waals surface area contributed by atoms with E-state index in [0.717, 1.165) is 5.56 Å². The number of carbonyl (C=O) groups excluding carboxylic acids is 2. The molecule has 0 aromatic carbocycles. The van der Waals surface area contributed by atoms with Crippen LogP contribution in [0.2, 0.25) is 0 Å². The summed E-state index contributed by atoms with van der Waals surface area (Å²) in [6.07, 6.45) is 6.39. The summed E-state index contributed by atoms with van der Waals surface area (Å²) in [4.78, 5) is 31.6. The molecule has 0 aliphatic rings. The van der Waals surface area contributed by atoms with Gasteiger partial charge in [-0.2, -0.15) is 0 Å². The molecule has 2 aromatic heterocycles. The fourth-order valence-electron chi connectivity index (χ4n) is 1.69. The number of nitrogens with zero attached hydrogens (tertiary/aromatic N) is 2. The van der Waals surface area contributed by atoms with Gasteiger partial charge in [-0.05, 0) is 30.7 Å². The summed E-state index contributed by atoms with van der Waals surface area (Å²) in [6.45, 7) is 2.01. The van der Waals surface area contributed by atoms with Gasteiger partial charge in [0, 0.05) is 31.3 Å². The average molecular weight is 284 g/mol. The first-order chi connectivity index (χ1) is 10.2. The van der Waals surface area contributed by atoms with Crippen molar-refractivity contribution < 1.29 is 9.59 Å². The zero-order valence-corrected chi connectivity index (χ0v) is 11.6. The Morgan fingerprint density at radius 2 is 1.86 bits per heavy atom. The van der Waals surface area contributed by atoms with Crippen LogP contribution < -0.4 is 10.6 Å². The Morgan fingerprint density at radius 3 is 2.48 bits per heavy atom. The first kappa shape index (κ1) is 14.6. The van der Waals surface area contributed by atoms with Crippen LogP contribution in [-0.2, 0) is 11.3 Å². The van der Waals surface area contributed by atoms with E-state index in [1.54, 1.807) is 43.7 Å². The van der Waals surface area contributed by atoms with Gasteiger partial charge in [0.1, 0.15) is 6.04 Å². The van der Waals surface area contributed by atoms with Crippen molar-refractivity contribution in [3.63, 3.8) is 0 Å². The van der Waals surface area contributed by atoms with Crippen molar-refractivity contribution in [3.8, 4) is 0 Å². The third-order valence-electron chi connectivity index (χ3n) is 2.85. The smallest absolute Gasteiger partial charge is 0.253 e. The molecule has 0 saturated carbocycles. The van der Waals surface area contributed by atoms with Crippen LogP contribution in [0.1, 0.15) is 22.8 Å². The van der Waals surface area contributed by atoms with Crippen molar-refractivity contribution in [1.82, 2.24) is 20.6 Å². The van der Waals surface area contributed by atoms with Crippen molar-refractivity contribution >= 4 is 11.8 Å². The number of amides is 2. The number of aromatic nitrogens is 2. The fraction of sp³-hybridized carbons (Fsp3) is 0.200. The normalized spacial score (nSPS) is 11.5. The summed E-state index contributed by atoms with van der Waals surface area (Å²) >= 11 is 0. The molecule has 0 saturated heterocycles. The Labute approximate surface area is 122 Å². The van der Waals surface area contributed by atoms with Crippen LogP contribution in [-0.4, -0.2) is 27.8 Å². The molecule has 6 nitrogen and oxygen atoms in total. The largest absolute Gasteiger partial charge is 0.350 e. The molecule has 2 amide bonds. The van der Waals surface area contributed by atoms with Crippen LogP contribution in [0, 0.1) is 0 Å². The third kappa shape index (κ3) is 4.38. The highest BCUT2D eigenvalue weighted by Crippen LogP contribution is 1.98. The Hall–Kier alpha value is -2.76. The van der Waals surface area contributed by atoms with Gasteiger partial charge in [0.25, 0.3) is 5.91 Å². The number of carbonyl (C=O) groups is 2. The van der Waals surface area contributed by atoms with Gasteiger partial charge in [0.05, 0.1) is 5.56 Å². The van der Waals surface area contributed by atoms with Crippen molar-refractivity contribution in [2.24, 2.45) is 0 Å². The van der Waals surface area contributed by atoms with E-state index in [-0.39, 0.29) is 11.8 Å². The zero-order valence-electron chi connectivity index (χ0n) is 11.6. The molecular formula is C15H16N4O2. The lowest BCUT2D eigenvalue weighted by atomic mass is 10.2. The highest BCUT2D eigenvalue weighted by Gasteiger charge is 2.16. The van der Waals surface area contributed by atoms with Crippen LogP contribution >= 0.6 is 0 Å². The average Bonchev–Trinajstić information content (AvgIpc) is 2.54. The van der Waals surface area contributed by atoms with E-state index in [1.165, 1.54) is 6.20 Å². The molecular weight excluding hydrogens is 268 g/mol. The minimum Gasteiger partial charge on any atom is -0.350 e. The number of rotatable bonds is 5. The number of pyridine rings is 2. The molecule has 0 aliphatic heterocycles. The summed E-state index contributed by atoms with van der Waals surface area (Å²) < 4.78 is 0. The zero-order chi connectivity index (χ0) is 15.1. The second kappa shape index (κ2) is 7.14. The molecule has 6 heteroatoms. The summed E-state index contributed by atoms with van der Waals surface area (Å²) in [5.41, 5.74) is 1.32. The topological polar surface area (TPSA) is 84.0 Å². The van der Waals surface area contributed by atoms with E-state index in [0.29, 0.717) is 12.1 Å². The molecule has 2 rings (SSSR count). The van der Waals surface area contributed by atoms with Gasteiger partial charge in [-0.3, -0.25) is 19.6 Å². The monoisotopic (exact) mass is 284 g/mol. The lowest BCUT2D eigenvalue weighted by Gasteiger charge is -2.14. The standard InChI is InChI=1S/C15H16N4O2/c1-11(19-15(21)13-5-3-7-17-10-13)14(20)18-9-12-4-2-6-16-8-12/h2-8,10-11H,9H2,1H3,(H,18,20)(H,19,21)/t11-/m1/s1. The molecule has 2 N–H and O–H groups in total.